The van der Waals surface area contributed by atoms with E-state index in [1.165, 1.54) is 28.8 Å². The number of nitro benzene ring substituents is 1. The standard InChI is InChI=1S/C18H21N5O7S/c24-17(20-18(25)19-12-14-4-3-11-30-14)13-21-7-9-22(10-8-21)31(28,29)16-6-2-1-5-15(16)23(26)27/h1-6,11H,7-10,12-13H2,(H2,19,20,24,25)/p+1. The minimum absolute atomic E-state index is 0.00640. The van der Waals surface area contributed by atoms with E-state index in [4.69, 9.17) is 4.42 Å². The molecule has 0 radical (unpaired) electrons. The second kappa shape index (κ2) is 9.68. The average Bonchev–Trinajstić information content (AvgIpc) is 3.26. The lowest BCUT2D eigenvalue weighted by molar-refractivity contribution is -0.895. The van der Waals surface area contributed by atoms with Crippen molar-refractivity contribution in [1.29, 1.82) is 0 Å². The molecule has 13 heteroatoms. The van der Waals surface area contributed by atoms with E-state index in [0.717, 1.165) is 11.0 Å². The molecule has 3 amide bonds. The fraction of sp³-hybridized carbons (Fsp3) is 0.333. The lowest BCUT2D eigenvalue weighted by Crippen LogP contribution is -3.15. The van der Waals surface area contributed by atoms with Crippen molar-refractivity contribution in [2.24, 2.45) is 0 Å². The van der Waals surface area contributed by atoms with Crippen LogP contribution in [0.15, 0.2) is 52.0 Å². The lowest BCUT2D eigenvalue weighted by Gasteiger charge is -2.30. The van der Waals surface area contributed by atoms with Crippen LogP contribution >= 0.6 is 0 Å². The highest BCUT2D eigenvalue weighted by Gasteiger charge is 2.35. The molecule has 166 valence electrons. The zero-order valence-electron chi connectivity index (χ0n) is 16.4. The second-order valence-electron chi connectivity index (χ2n) is 6.87. The Labute approximate surface area is 178 Å². The number of piperazine rings is 1. The van der Waals surface area contributed by atoms with Gasteiger partial charge in [-0.1, -0.05) is 12.1 Å². The molecule has 3 rings (SSSR count). The number of amides is 3. The number of urea groups is 1. The maximum atomic E-state index is 12.8. The van der Waals surface area contributed by atoms with Crippen LogP contribution in [0.3, 0.4) is 0 Å². The molecule has 1 fully saturated rings. The highest BCUT2D eigenvalue weighted by Crippen LogP contribution is 2.26. The van der Waals surface area contributed by atoms with Crippen molar-refractivity contribution in [3.8, 4) is 0 Å². The van der Waals surface area contributed by atoms with Crippen LogP contribution in [0.2, 0.25) is 0 Å². The van der Waals surface area contributed by atoms with Gasteiger partial charge in [-0.05, 0) is 18.2 Å². The van der Waals surface area contributed by atoms with Crippen molar-refractivity contribution in [2.75, 3.05) is 32.7 Å². The summed E-state index contributed by atoms with van der Waals surface area (Å²) >= 11 is 0. The summed E-state index contributed by atoms with van der Waals surface area (Å²) in [6.07, 6.45) is 1.47. The largest absolute Gasteiger partial charge is 0.467 e. The number of hydrogen-bond donors (Lipinski definition) is 3. The van der Waals surface area contributed by atoms with Gasteiger partial charge in [-0.3, -0.25) is 20.2 Å². The van der Waals surface area contributed by atoms with Gasteiger partial charge in [-0.25, -0.2) is 13.2 Å². The number of nitrogens with one attached hydrogen (secondary N) is 3. The number of nitro groups is 1. The van der Waals surface area contributed by atoms with Gasteiger partial charge in [0.2, 0.25) is 10.0 Å². The molecular weight excluding hydrogens is 430 g/mol. The van der Waals surface area contributed by atoms with Gasteiger partial charge in [0.05, 0.1) is 43.9 Å². The number of hydrogen-bond acceptors (Lipinski definition) is 7. The van der Waals surface area contributed by atoms with Gasteiger partial charge in [-0.2, -0.15) is 4.31 Å². The molecule has 1 saturated heterocycles. The fourth-order valence-corrected chi connectivity index (χ4v) is 4.81. The van der Waals surface area contributed by atoms with E-state index in [2.05, 4.69) is 10.6 Å². The molecule has 0 atom stereocenters. The number of rotatable bonds is 7. The summed E-state index contributed by atoms with van der Waals surface area (Å²) in [7, 11) is -4.03. The summed E-state index contributed by atoms with van der Waals surface area (Å²) in [4.78, 5) is 34.7. The molecular formula is C18H22N5O7S+. The predicted octanol–water partition coefficient (Wildman–Crippen LogP) is -0.897. The van der Waals surface area contributed by atoms with E-state index in [1.54, 1.807) is 12.1 Å². The van der Waals surface area contributed by atoms with Crippen LogP contribution in [0.5, 0.6) is 0 Å². The first-order chi connectivity index (χ1) is 14.8. The Hall–Kier alpha value is -3.29. The van der Waals surface area contributed by atoms with Crippen LogP contribution in [-0.4, -0.2) is 62.3 Å². The molecule has 0 saturated carbocycles. The maximum absolute atomic E-state index is 12.8. The number of benzene rings is 1. The number of quaternary nitrogens is 1. The van der Waals surface area contributed by atoms with Crippen molar-refractivity contribution < 1.29 is 32.2 Å². The van der Waals surface area contributed by atoms with E-state index in [9.17, 15) is 28.1 Å². The molecule has 1 aliphatic rings. The van der Waals surface area contributed by atoms with Crippen LogP contribution in [0.1, 0.15) is 5.76 Å². The number of sulfonamides is 1. The van der Waals surface area contributed by atoms with Crippen molar-refractivity contribution in [3.63, 3.8) is 0 Å². The molecule has 12 nitrogen and oxygen atoms in total. The first-order valence-electron chi connectivity index (χ1n) is 9.44. The van der Waals surface area contributed by atoms with E-state index in [1.807, 2.05) is 0 Å². The fourth-order valence-electron chi connectivity index (χ4n) is 3.21. The van der Waals surface area contributed by atoms with Crippen LogP contribution in [-0.2, 0) is 21.4 Å². The summed E-state index contributed by atoms with van der Waals surface area (Å²) < 4.78 is 31.9. The highest BCUT2D eigenvalue weighted by atomic mass is 32.2. The topological polar surface area (TPSA) is 156 Å². The summed E-state index contributed by atoms with van der Waals surface area (Å²) in [5.74, 6) is 0.0474. The summed E-state index contributed by atoms with van der Waals surface area (Å²) in [5.41, 5.74) is -0.475. The highest BCUT2D eigenvalue weighted by molar-refractivity contribution is 7.89. The number of carbonyl (C=O) groups excluding carboxylic acids is 2. The molecule has 2 heterocycles. The van der Waals surface area contributed by atoms with Gasteiger partial charge >= 0.3 is 6.03 Å². The summed E-state index contributed by atoms with van der Waals surface area (Å²) in [6, 6.07) is 7.91. The molecule has 1 aliphatic heterocycles. The normalized spacial score (nSPS) is 15.4. The third kappa shape index (κ3) is 5.65. The van der Waals surface area contributed by atoms with E-state index in [-0.39, 0.29) is 31.1 Å². The van der Waals surface area contributed by atoms with Crippen molar-refractivity contribution in [3.05, 3.63) is 58.5 Å². The molecule has 0 spiro atoms. The molecule has 31 heavy (non-hydrogen) atoms. The van der Waals surface area contributed by atoms with Crippen LogP contribution in [0, 0.1) is 10.1 Å². The van der Waals surface area contributed by atoms with Crippen molar-refractivity contribution >= 4 is 27.6 Å². The smallest absolute Gasteiger partial charge is 0.321 e. The number of para-hydroxylation sites is 1. The third-order valence-electron chi connectivity index (χ3n) is 4.78. The molecule has 0 unspecified atom stereocenters. The molecule has 1 aromatic carbocycles. The van der Waals surface area contributed by atoms with Gasteiger partial charge in [0.1, 0.15) is 5.76 Å². The van der Waals surface area contributed by atoms with E-state index in [0.29, 0.717) is 18.8 Å². The average molecular weight is 452 g/mol. The van der Waals surface area contributed by atoms with Crippen molar-refractivity contribution in [2.45, 2.75) is 11.4 Å². The van der Waals surface area contributed by atoms with E-state index >= 15 is 0 Å². The van der Waals surface area contributed by atoms with Gasteiger partial charge in [-0.15, -0.1) is 0 Å². The number of carbonyl (C=O) groups is 2. The Morgan fingerprint density at radius 1 is 1.16 bits per heavy atom. The molecule has 0 bridgehead atoms. The van der Waals surface area contributed by atoms with E-state index < -0.39 is 32.6 Å². The number of nitrogens with zero attached hydrogens (tertiary/aromatic N) is 2. The van der Waals surface area contributed by atoms with Crippen molar-refractivity contribution in [1.82, 2.24) is 14.9 Å². The maximum Gasteiger partial charge on any atom is 0.321 e. The molecule has 3 N–H and O–H groups in total. The van der Waals surface area contributed by atoms with Gasteiger partial charge in [0.25, 0.3) is 11.6 Å². The van der Waals surface area contributed by atoms with Gasteiger partial charge in [0, 0.05) is 6.07 Å². The Morgan fingerprint density at radius 3 is 2.52 bits per heavy atom. The van der Waals surface area contributed by atoms with Crippen LogP contribution in [0.25, 0.3) is 0 Å². The monoisotopic (exact) mass is 452 g/mol. The minimum Gasteiger partial charge on any atom is -0.467 e. The van der Waals surface area contributed by atoms with Gasteiger partial charge in [0.15, 0.2) is 11.4 Å². The first-order valence-corrected chi connectivity index (χ1v) is 10.9. The Balaban J connectivity index is 1.49. The molecule has 2 aromatic rings. The Bertz CT molecular complexity index is 1050. The summed E-state index contributed by atoms with van der Waals surface area (Å²) in [5, 5.41) is 15.9. The molecule has 0 aliphatic carbocycles. The first kappa shape index (κ1) is 22.4. The Kier molecular flexibility index (Phi) is 6.99. The summed E-state index contributed by atoms with van der Waals surface area (Å²) in [6.45, 7) is 0.973. The van der Waals surface area contributed by atoms with Crippen LogP contribution < -0.4 is 15.5 Å². The third-order valence-corrected chi connectivity index (χ3v) is 6.72. The SMILES string of the molecule is O=C(C[NH+]1CCN(S(=O)(=O)c2ccccc2[N+](=O)[O-])CC1)NC(=O)NCc1ccco1. The number of imide groups is 1. The second-order valence-corrected chi connectivity index (χ2v) is 8.77. The quantitative estimate of drug-likeness (QED) is 0.363. The Morgan fingerprint density at radius 2 is 1.87 bits per heavy atom. The molecule has 1 aromatic heterocycles. The zero-order chi connectivity index (χ0) is 22.4. The minimum atomic E-state index is -4.03. The van der Waals surface area contributed by atoms with Gasteiger partial charge < -0.3 is 14.6 Å². The van der Waals surface area contributed by atoms with Crippen LogP contribution in [0.4, 0.5) is 10.5 Å². The lowest BCUT2D eigenvalue weighted by atomic mass is 10.3. The predicted molar refractivity (Wildman–Crippen MR) is 107 cm³/mol. The number of furan rings is 1. The zero-order valence-corrected chi connectivity index (χ0v) is 17.3.